The molecule has 0 aromatic carbocycles. The molecule has 3 heterocycles. The summed E-state index contributed by atoms with van der Waals surface area (Å²) in [5.74, 6) is -1.20. The fraction of sp³-hybridized carbons (Fsp3) is 0.593. The molecule has 6 nitrogen and oxygen atoms in total. The van der Waals surface area contributed by atoms with Crippen molar-refractivity contribution in [2.45, 2.75) is 86.0 Å². The van der Waals surface area contributed by atoms with E-state index in [-0.39, 0.29) is 16.5 Å². The Hall–Kier alpha value is -2.25. The maximum absolute atomic E-state index is 13.9. The van der Waals surface area contributed by atoms with E-state index in [1.54, 1.807) is 12.3 Å². The van der Waals surface area contributed by atoms with Gasteiger partial charge in [-0.3, -0.25) is 4.98 Å². The summed E-state index contributed by atoms with van der Waals surface area (Å²) in [6.45, 7) is 17.3. The number of aryl methyl sites for hydroxylation is 1. The second-order valence-electron chi connectivity index (χ2n) is 11.3. The number of hydrogen-bond acceptors (Lipinski definition) is 6. The van der Waals surface area contributed by atoms with Gasteiger partial charge >= 0.3 is 5.97 Å². The number of hydrogen-bond donors (Lipinski definition) is 0. The number of esters is 1. The average Bonchev–Trinajstić information content (AvgIpc) is 2.73. The van der Waals surface area contributed by atoms with Gasteiger partial charge < -0.3 is 14.4 Å². The molecule has 0 saturated carbocycles. The van der Waals surface area contributed by atoms with E-state index in [9.17, 15) is 9.18 Å². The van der Waals surface area contributed by atoms with Crippen LogP contribution in [-0.2, 0) is 14.3 Å². The number of carbonyl (C=O) groups is 1. The minimum atomic E-state index is -0.987. The zero-order valence-corrected chi connectivity index (χ0v) is 22.8. The van der Waals surface area contributed by atoms with Gasteiger partial charge in [-0.25, -0.2) is 9.78 Å². The molecule has 35 heavy (non-hydrogen) atoms. The topological polar surface area (TPSA) is 64.5 Å². The molecule has 3 rings (SSSR count). The van der Waals surface area contributed by atoms with Crippen LogP contribution in [0.5, 0.6) is 0 Å². The monoisotopic (exact) mass is 505 g/mol. The molecule has 2 aromatic rings. The normalized spacial score (nSPS) is 16.9. The second-order valence-corrected chi connectivity index (χ2v) is 11.7. The van der Waals surface area contributed by atoms with Crippen LogP contribution in [0.4, 0.5) is 10.1 Å². The van der Waals surface area contributed by atoms with Crippen LogP contribution in [0.2, 0.25) is 5.02 Å². The first-order valence-electron chi connectivity index (χ1n) is 12.1. The maximum atomic E-state index is 13.9. The molecule has 192 valence electrons. The SMILES string of the molecule is Cc1ncc(-c2cnc(F)c(Cl)c2)c(N2CCC(C)(C)CC2)c1[C@H](OC(C)(C)C)C(=O)OC(C)C. The summed E-state index contributed by atoms with van der Waals surface area (Å²) in [6, 6.07) is 1.55. The molecule has 1 saturated heterocycles. The Morgan fingerprint density at radius 2 is 1.80 bits per heavy atom. The number of carbonyl (C=O) groups excluding carboxylic acids is 1. The van der Waals surface area contributed by atoms with Crippen LogP contribution in [0.15, 0.2) is 18.5 Å². The first kappa shape index (κ1) is 27.3. The fourth-order valence-electron chi connectivity index (χ4n) is 4.25. The molecule has 0 N–H and O–H groups in total. The van der Waals surface area contributed by atoms with Gasteiger partial charge in [0.15, 0.2) is 6.10 Å². The molecular formula is C27H37ClFN3O3. The predicted molar refractivity (Wildman–Crippen MR) is 137 cm³/mol. The molecule has 1 atom stereocenters. The molecule has 2 aromatic heterocycles. The summed E-state index contributed by atoms with van der Waals surface area (Å²) < 4.78 is 25.9. The molecule has 0 spiro atoms. The van der Waals surface area contributed by atoms with Crippen molar-refractivity contribution >= 4 is 23.3 Å². The summed E-state index contributed by atoms with van der Waals surface area (Å²) in [7, 11) is 0. The summed E-state index contributed by atoms with van der Waals surface area (Å²) in [4.78, 5) is 24.1. The van der Waals surface area contributed by atoms with Gasteiger partial charge in [-0.2, -0.15) is 4.39 Å². The van der Waals surface area contributed by atoms with E-state index >= 15 is 0 Å². The Labute approximate surface area is 213 Å². The molecule has 0 aliphatic carbocycles. The molecular weight excluding hydrogens is 469 g/mol. The number of anilines is 1. The van der Waals surface area contributed by atoms with E-state index in [0.717, 1.165) is 37.2 Å². The smallest absolute Gasteiger partial charge is 0.340 e. The highest BCUT2D eigenvalue weighted by atomic mass is 35.5. The lowest BCUT2D eigenvalue weighted by molar-refractivity contribution is -0.171. The van der Waals surface area contributed by atoms with Gasteiger partial charge in [0.05, 0.1) is 22.4 Å². The Morgan fingerprint density at radius 3 is 2.34 bits per heavy atom. The molecule has 1 aliphatic heterocycles. The van der Waals surface area contributed by atoms with E-state index in [2.05, 4.69) is 28.7 Å². The minimum absolute atomic E-state index is 0.0722. The number of rotatable bonds is 6. The van der Waals surface area contributed by atoms with Crippen LogP contribution in [0.1, 0.15) is 78.7 Å². The predicted octanol–water partition coefficient (Wildman–Crippen LogP) is 6.68. The largest absolute Gasteiger partial charge is 0.461 e. The fourth-order valence-corrected chi connectivity index (χ4v) is 4.42. The van der Waals surface area contributed by atoms with Gasteiger partial charge in [0.1, 0.15) is 0 Å². The molecule has 1 fully saturated rings. The van der Waals surface area contributed by atoms with Crippen molar-refractivity contribution in [1.29, 1.82) is 0 Å². The van der Waals surface area contributed by atoms with E-state index < -0.39 is 23.6 Å². The van der Waals surface area contributed by atoms with Gasteiger partial charge in [0.2, 0.25) is 5.95 Å². The Morgan fingerprint density at radius 1 is 1.17 bits per heavy atom. The Balaban J connectivity index is 2.26. The molecule has 0 unspecified atom stereocenters. The van der Waals surface area contributed by atoms with Crippen molar-refractivity contribution in [1.82, 2.24) is 9.97 Å². The third-order valence-corrected chi connectivity index (χ3v) is 6.39. The van der Waals surface area contributed by atoms with E-state index in [0.29, 0.717) is 16.8 Å². The summed E-state index contributed by atoms with van der Waals surface area (Å²) in [6.07, 6.45) is 3.86. The summed E-state index contributed by atoms with van der Waals surface area (Å²) in [5.41, 5.74) is 3.10. The van der Waals surface area contributed by atoms with Gasteiger partial charge in [-0.1, -0.05) is 25.4 Å². The third-order valence-electron chi connectivity index (χ3n) is 6.13. The van der Waals surface area contributed by atoms with Crippen LogP contribution in [0.25, 0.3) is 11.1 Å². The van der Waals surface area contributed by atoms with Gasteiger partial charge in [0, 0.05) is 47.9 Å². The van der Waals surface area contributed by atoms with Gasteiger partial charge in [-0.15, -0.1) is 0 Å². The highest BCUT2D eigenvalue weighted by molar-refractivity contribution is 6.30. The molecule has 8 heteroatoms. The van der Waals surface area contributed by atoms with E-state index in [4.69, 9.17) is 21.1 Å². The van der Waals surface area contributed by atoms with Gasteiger partial charge in [-0.05, 0) is 65.9 Å². The Bertz CT molecular complexity index is 1070. The van der Waals surface area contributed by atoms with Crippen molar-refractivity contribution < 1.29 is 18.7 Å². The summed E-state index contributed by atoms with van der Waals surface area (Å²) >= 11 is 6.10. The van der Waals surface area contributed by atoms with Crippen molar-refractivity contribution in [2.75, 3.05) is 18.0 Å². The highest BCUT2D eigenvalue weighted by Crippen LogP contribution is 2.44. The molecule has 0 amide bonds. The number of piperidine rings is 1. The number of ether oxygens (including phenoxy) is 2. The second kappa shape index (κ2) is 10.4. The number of nitrogens with zero attached hydrogens (tertiary/aromatic N) is 3. The van der Waals surface area contributed by atoms with Crippen LogP contribution in [0.3, 0.4) is 0 Å². The summed E-state index contributed by atoms with van der Waals surface area (Å²) in [5, 5.41) is -0.0722. The zero-order chi connectivity index (χ0) is 26.1. The quantitative estimate of drug-likeness (QED) is 0.322. The van der Waals surface area contributed by atoms with Crippen molar-refractivity contribution in [2.24, 2.45) is 5.41 Å². The maximum Gasteiger partial charge on any atom is 0.340 e. The minimum Gasteiger partial charge on any atom is -0.461 e. The molecule has 1 aliphatic rings. The first-order valence-corrected chi connectivity index (χ1v) is 12.5. The standard InChI is InChI=1S/C27H37ClFN3O3/c1-16(2)34-25(33)23(35-26(4,5)6)21-17(3)30-15-19(18-13-20(28)24(29)31-14-18)22(21)32-11-9-27(7,8)10-12-32/h13-16,23H,9-12H2,1-8H3/t23-/m0/s1. The Kier molecular flexibility index (Phi) is 8.12. The zero-order valence-electron chi connectivity index (χ0n) is 22.0. The van der Waals surface area contributed by atoms with Crippen LogP contribution in [0, 0.1) is 18.3 Å². The lowest BCUT2D eigenvalue weighted by atomic mass is 9.82. The lowest BCUT2D eigenvalue weighted by Crippen LogP contribution is -2.39. The van der Waals surface area contributed by atoms with Crippen LogP contribution in [-0.4, -0.2) is 40.7 Å². The van der Waals surface area contributed by atoms with E-state index in [1.807, 2.05) is 41.5 Å². The van der Waals surface area contributed by atoms with Crippen molar-refractivity contribution in [3.05, 3.63) is 40.7 Å². The average molecular weight is 506 g/mol. The number of halogens is 2. The van der Waals surface area contributed by atoms with Crippen LogP contribution >= 0.6 is 11.6 Å². The van der Waals surface area contributed by atoms with Crippen molar-refractivity contribution in [3.63, 3.8) is 0 Å². The van der Waals surface area contributed by atoms with Crippen LogP contribution < -0.4 is 4.90 Å². The van der Waals surface area contributed by atoms with E-state index in [1.165, 1.54) is 6.20 Å². The first-order chi connectivity index (χ1) is 16.2. The molecule has 0 bridgehead atoms. The highest BCUT2D eigenvalue weighted by Gasteiger charge is 2.37. The van der Waals surface area contributed by atoms with Gasteiger partial charge in [0.25, 0.3) is 0 Å². The number of pyridine rings is 2. The third kappa shape index (κ3) is 6.70. The molecule has 0 radical (unpaired) electrons. The number of aromatic nitrogens is 2. The van der Waals surface area contributed by atoms with Crippen molar-refractivity contribution in [3.8, 4) is 11.1 Å². The lowest BCUT2D eigenvalue weighted by Gasteiger charge is -2.41.